The Kier molecular flexibility index (Phi) is 3.70. The van der Waals surface area contributed by atoms with E-state index in [1.807, 2.05) is 24.5 Å². The molecule has 3 heteroatoms. The van der Waals surface area contributed by atoms with Crippen LogP contribution in [-0.4, -0.2) is 9.97 Å². The minimum absolute atomic E-state index is 0.285. The largest absolute Gasteiger partial charge is 0.306 e. The fourth-order valence-electron chi connectivity index (χ4n) is 2.26. The molecule has 0 saturated carbocycles. The minimum Gasteiger partial charge on any atom is -0.306 e. The maximum atomic E-state index is 4.34. The van der Waals surface area contributed by atoms with E-state index in [0.29, 0.717) is 0 Å². The number of hydrogen-bond donors (Lipinski definition) is 1. The van der Waals surface area contributed by atoms with Gasteiger partial charge >= 0.3 is 0 Å². The molecule has 3 nitrogen and oxygen atoms in total. The van der Waals surface area contributed by atoms with E-state index in [-0.39, 0.29) is 6.04 Å². The van der Waals surface area contributed by atoms with E-state index in [1.54, 1.807) is 6.20 Å². The Hall–Kier alpha value is -2.26. The van der Waals surface area contributed by atoms with Gasteiger partial charge in [0, 0.05) is 36.6 Å². The highest BCUT2D eigenvalue weighted by molar-refractivity contribution is 5.78. The van der Waals surface area contributed by atoms with Crippen molar-refractivity contribution in [2.24, 2.45) is 0 Å². The molecule has 0 aliphatic heterocycles. The molecule has 20 heavy (non-hydrogen) atoms. The van der Waals surface area contributed by atoms with Crippen LogP contribution in [0.1, 0.15) is 24.1 Å². The summed E-state index contributed by atoms with van der Waals surface area (Å²) in [6.45, 7) is 2.99. The predicted octanol–water partition coefficient (Wildman–Crippen LogP) is 3.48. The molecular formula is C17H17N3. The first kappa shape index (κ1) is 12.8. The second-order valence-electron chi connectivity index (χ2n) is 4.92. The quantitative estimate of drug-likeness (QED) is 0.783. The maximum absolute atomic E-state index is 4.34. The molecule has 100 valence electrons. The summed E-state index contributed by atoms with van der Waals surface area (Å²) >= 11 is 0. The smallest absolute Gasteiger partial charge is 0.0702 e. The first-order chi connectivity index (χ1) is 9.83. The lowest BCUT2D eigenvalue weighted by Crippen LogP contribution is -2.18. The van der Waals surface area contributed by atoms with Crippen molar-refractivity contribution in [3.05, 3.63) is 72.2 Å². The van der Waals surface area contributed by atoms with E-state index in [1.165, 1.54) is 16.5 Å². The van der Waals surface area contributed by atoms with Crippen LogP contribution in [0.5, 0.6) is 0 Å². The SMILES string of the molecule is CC(NCc1ccc2ncccc2c1)c1cccnc1. The van der Waals surface area contributed by atoms with Gasteiger partial charge in [-0.1, -0.05) is 18.2 Å². The Morgan fingerprint density at radius 2 is 2.00 bits per heavy atom. The van der Waals surface area contributed by atoms with E-state index in [0.717, 1.165) is 12.1 Å². The number of fused-ring (bicyclic) bond motifs is 1. The molecule has 0 spiro atoms. The first-order valence-electron chi connectivity index (χ1n) is 6.80. The molecule has 3 aromatic rings. The molecule has 0 radical (unpaired) electrons. The van der Waals surface area contributed by atoms with Gasteiger partial charge in [-0.05, 0) is 42.3 Å². The molecule has 1 N–H and O–H groups in total. The predicted molar refractivity (Wildman–Crippen MR) is 81.2 cm³/mol. The summed E-state index contributed by atoms with van der Waals surface area (Å²) in [6, 6.07) is 14.8. The molecule has 3 rings (SSSR count). The van der Waals surface area contributed by atoms with Gasteiger partial charge < -0.3 is 5.32 Å². The third-order valence-corrected chi connectivity index (χ3v) is 3.46. The van der Waals surface area contributed by atoms with Crippen molar-refractivity contribution in [2.75, 3.05) is 0 Å². The third kappa shape index (κ3) is 2.83. The Labute approximate surface area is 118 Å². The number of hydrogen-bond acceptors (Lipinski definition) is 3. The fraction of sp³-hybridized carbons (Fsp3) is 0.176. The van der Waals surface area contributed by atoms with Crippen LogP contribution in [-0.2, 0) is 6.54 Å². The summed E-state index contributed by atoms with van der Waals surface area (Å²) in [5.41, 5.74) is 3.51. The van der Waals surface area contributed by atoms with Crippen molar-refractivity contribution in [2.45, 2.75) is 19.5 Å². The van der Waals surface area contributed by atoms with Gasteiger partial charge in [0.05, 0.1) is 5.52 Å². The average Bonchev–Trinajstić information content (AvgIpc) is 2.53. The van der Waals surface area contributed by atoms with E-state index in [2.05, 4.69) is 52.5 Å². The van der Waals surface area contributed by atoms with Gasteiger partial charge in [0.1, 0.15) is 0 Å². The molecule has 2 aromatic heterocycles. The van der Waals surface area contributed by atoms with Gasteiger partial charge in [-0.3, -0.25) is 9.97 Å². The number of nitrogens with one attached hydrogen (secondary N) is 1. The van der Waals surface area contributed by atoms with Crippen LogP contribution in [0.2, 0.25) is 0 Å². The van der Waals surface area contributed by atoms with Crippen molar-refractivity contribution >= 4 is 10.9 Å². The lowest BCUT2D eigenvalue weighted by molar-refractivity contribution is 0.573. The highest BCUT2D eigenvalue weighted by atomic mass is 14.9. The molecule has 0 fully saturated rings. The van der Waals surface area contributed by atoms with Crippen LogP contribution in [0.25, 0.3) is 10.9 Å². The lowest BCUT2D eigenvalue weighted by atomic mass is 10.1. The second kappa shape index (κ2) is 5.80. The topological polar surface area (TPSA) is 37.8 Å². The molecule has 1 aromatic carbocycles. The molecular weight excluding hydrogens is 246 g/mol. The van der Waals surface area contributed by atoms with Crippen molar-refractivity contribution < 1.29 is 0 Å². The Bertz CT molecular complexity index is 695. The molecule has 1 atom stereocenters. The van der Waals surface area contributed by atoms with E-state index in [4.69, 9.17) is 0 Å². The molecule has 0 aliphatic rings. The number of rotatable bonds is 4. The second-order valence-corrected chi connectivity index (χ2v) is 4.92. The number of benzene rings is 1. The van der Waals surface area contributed by atoms with Crippen LogP contribution in [0.4, 0.5) is 0 Å². The summed E-state index contributed by atoms with van der Waals surface area (Å²) < 4.78 is 0. The van der Waals surface area contributed by atoms with Gasteiger partial charge in [0.2, 0.25) is 0 Å². The molecule has 0 bridgehead atoms. The zero-order valence-corrected chi connectivity index (χ0v) is 11.5. The first-order valence-corrected chi connectivity index (χ1v) is 6.80. The molecule has 0 saturated heterocycles. The fourth-order valence-corrected chi connectivity index (χ4v) is 2.26. The minimum atomic E-state index is 0.285. The van der Waals surface area contributed by atoms with E-state index < -0.39 is 0 Å². The zero-order valence-electron chi connectivity index (χ0n) is 11.5. The third-order valence-electron chi connectivity index (χ3n) is 3.46. The summed E-state index contributed by atoms with van der Waals surface area (Å²) in [4.78, 5) is 8.49. The Balaban J connectivity index is 1.70. The monoisotopic (exact) mass is 263 g/mol. The number of aromatic nitrogens is 2. The van der Waals surface area contributed by atoms with Crippen molar-refractivity contribution in [1.29, 1.82) is 0 Å². The molecule has 0 amide bonds. The lowest BCUT2D eigenvalue weighted by Gasteiger charge is -2.14. The summed E-state index contributed by atoms with van der Waals surface area (Å²) in [5.74, 6) is 0. The zero-order chi connectivity index (χ0) is 13.8. The van der Waals surface area contributed by atoms with Gasteiger partial charge in [0.15, 0.2) is 0 Å². The number of pyridine rings is 2. The summed E-state index contributed by atoms with van der Waals surface area (Å²) in [6.07, 6.45) is 5.53. The summed E-state index contributed by atoms with van der Waals surface area (Å²) in [7, 11) is 0. The van der Waals surface area contributed by atoms with Crippen LogP contribution in [0.15, 0.2) is 61.1 Å². The van der Waals surface area contributed by atoms with Gasteiger partial charge in [-0.15, -0.1) is 0 Å². The Morgan fingerprint density at radius 3 is 2.85 bits per heavy atom. The average molecular weight is 263 g/mol. The van der Waals surface area contributed by atoms with Crippen molar-refractivity contribution in [3.63, 3.8) is 0 Å². The maximum Gasteiger partial charge on any atom is 0.0702 e. The van der Waals surface area contributed by atoms with E-state index >= 15 is 0 Å². The highest BCUT2D eigenvalue weighted by Gasteiger charge is 2.04. The van der Waals surface area contributed by atoms with Crippen molar-refractivity contribution in [1.82, 2.24) is 15.3 Å². The van der Waals surface area contributed by atoms with Crippen molar-refractivity contribution in [3.8, 4) is 0 Å². The van der Waals surface area contributed by atoms with Gasteiger partial charge in [-0.2, -0.15) is 0 Å². The number of nitrogens with zero attached hydrogens (tertiary/aromatic N) is 2. The van der Waals surface area contributed by atoms with Crippen LogP contribution in [0, 0.1) is 0 Å². The standard InChI is InChI=1S/C17H17N3/c1-13(16-5-2-8-18-12-16)20-11-14-6-7-17-15(10-14)4-3-9-19-17/h2-10,12-13,20H,11H2,1H3. The van der Waals surface area contributed by atoms with Crippen LogP contribution in [0.3, 0.4) is 0 Å². The van der Waals surface area contributed by atoms with Gasteiger partial charge in [0.25, 0.3) is 0 Å². The Morgan fingerprint density at radius 1 is 1.10 bits per heavy atom. The molecule has 0 aliphatic carbocycles. The summed E-state index contributed by atoms with van der Waals surface area (Å²) in [5, 5.41) is 4.70. The van der Waals surface area contributed by atoms with Crippen LogP contribution >= 0.6 is 0 Å². The van der Waals surface area contributed by atoms with E-state index in [9.17, 15) is 0 Å². The van der Waals surface area contributed by atoms with Crippen LogP contribution < -0.4 is 5.32 Å². The highest BCUT2D eigenvalue weighted by Crippen LogP contribution is 2.15. The molecule has 1 unspecified atom stereocenters. The molecule has 2 heterocycles. The van der Waals surface area contributed by atoms with Gasteiger partial charge in [-0.25, -0.2) is 0 Å². The normalized spacial score (nSPS) is 12.4.